The van der Waals surface area contributed by atoms with Crippen molar-refractivity contribution in [3.63, 3.8) is 0 Å². The van der Waals surface area contributed by atoms with Crippen molar-refractivity contribution >= 4 is 12.0 Å². The van der Waals surface area contributed by atoms with Crippen LogP contribution in [0.15, 0.2) is 12.1 Å². The van der Waals surface area contributed by atoms with Gasteiger partial charge in [0.25, 0.3) is 0 Å². The molecule has 25 heavy (non-hydrogen) atoms. The number of carbonyl (C=O) groups excluding carboxylic acids is 1. The average Bonchev–Trinajstić information content (AvgIpc) is 2.93. The van der Waals surface area contributed by atoms with Crippen LogP contribution < -0.4 is 5.32 Å². The highest BCUT2D eigenvalue weighted by molar-refractivity contribution is 5.91. The Bertz CT molecular complexity index is 606. The third-order valence-electron chi connectivity index (χ3n) is 5.70. The van der Waals surface area contributed by atoms with E-state index in [1.54, 1.807) is 6.08 Å². The second-order valence-electron chi connectivity index (χ2n) is 7.65. The van der Waals surface area contributed by atoms with E-state index in [0.29, 0.717) is 18.5 Å². The number of hydrogen-bond acceptors (Lipinski definition) is 2. The first-order valence-corrected chi connectivity index (χ1v) is 9.87. The number of aryl methyl sites for hydroxylation is 1. The van der Waals surface area contributed by atoms with Gasteiger partial charge in [-0.15, -0.1) is 0 Å². The fourth-order valence-corrected chi connectivity index (χ4v) is 4.31. The van der Waals surface area contributed by atoms with Gasteiger partial charge >= 0.3 is 0 Å². The summed E-state index contributed by atoms with van der Waals surface area (Å²) in [5.41, 5.74) is 3.76. The Morgan fingerprint density at radius 2 is 2.04 bits per heavy atom. The summed E-state index contributed by atoms with van der Waals surface area (Å²) in [4.78, 5) is 12.1. The third kappa shape index (κ3) is 4.75. The second kappa shape index (κ2) is 8.70. The lowest BCUT2D eigenvalue weighted by Crippen LogP contribution is -2.32. The predicted molar refractivity (Wildman–Crippen MR) is 102 cm³/mol. The molecule has 2 aliphatic rings. The summed E-state index contributed by atoms with van der Waals surface area (Å²) in [5, 5.41) is 3.01. The van der Waals surface area contributed by atoms with Crippen molar-refractivity contribution in [3.8, 4) is 0 Å². The maximum absolute atomic E-state index is 12.1. The minimum Gasteiger partial charge on any atom is -0.381 e. The van der Waals surface area contributed by atoms with Crippen LogP contribution in [0.25, 0.3) is 6.08 Å². The summed E-state index contributed by atoms with van der Waals surface area (Å²) >= 11 is 0. The highest BCUT2D eigenvalue weighted by Gasteiger charge is 2.19. The van der Waals surface area contributed by atoms with Crippen LogP contribution >= 0.6 is 0 Å². The van der Waals surface area contributed by atoms with Crippen molar-refractivity contribution < 1.29 is 9.53 Å². The van der Waals surface area contributed by atoms with E-state index in [2.05, 4.69) is 29.8 Å². The van der Waals surface area contributed by atoms with Gasteiger partial charge in [-0.05, 0) is 63.2 Å². The molecule has 2 heterocycles. The second-order valence-corrected chi connectivity index (χ2v) is 7.65. The Morgan fingerprint density at radius 1 is 1.24 bits per heavy atom. The fourth-order valence-electron chi connectivity index (χ4n) is 4.31. The van der Waals surface area contributed by atoms with Gasteiger partial charge in [-0.1, -0.05) is 19.3 Å². The summed E-state index contributed by atoms with van der Waals surface area (Å²) in [6.07, 6.45) is 12.5. The van der Waals surface area contributed by atoms with Crippen molar-refractivity contribution in [2.45, 2.75) is 64.8 Å². The highest BCUT2D eigenvalue weighted by atomic mass is 16.5. The Kier molecular flexibility index (Phi) is 6.35. The van der Waals surface area contributed by atoms with Crippen molar-refractivity contribution in [3.05, 3.63) is 29.1 Å². The largest absolute Gasteiger partial charge is 0.381 e. The van der Waals surface area contributed by atoms with Crippen LogP contribution in [0.4, 0.5) is 0 Å². The molecule has 1 atom stereocenters. The molecular formula is C21H32N2O2. The minimum absolute atomic E-state index is 0.00644. The number of rotatable bonds is 5. The third-order valence-corrected chi connectivity index (χ3v) is 5.70. The lowest BCUT2D eigenvalue weighted by atomic mass is 9.95. The van der Waals surface area contributed by atoms with E-state index in [0.717, 1.165) is 26.1 Å². The lowest BCUT2D eigenvalue weighted by Gasteiger charge is -2.26. The number of carbonyl (C=O) groups is 1. The van der Waals surface area contributed by atoms with E-state index in [1.165, 1.54) is 49.1 Å². The smallest absolute Gasteiger partial charge is 0.244 e. The Morgan fingerprint density at radius 3 is 2.76 bits per heavy atom. The molecule has 2 fully saturated rings. The maximum atomic E-state index is 12.1. The molecule has 1 aromatic heterocycles. The molecule has 0 radical (unpaired) electrons. The first-order valence-electron chi connectivity index (χ1n) is 9.87. The number of hydrogen-bond donors (Lipinski definition) is 1. The molecule has 1 unspecified atom stereocenters. The first-order chi connectivity index (χ1) is 12.1. The number of nitrogens with zero attached hydrogens (tertiary/aromatic N) is 1. The van der Waals surface area contributed by atoms with Gasteiger partial charge in [-0.2, -0.15) is 0 Å². The van der Waals surface area contributed by atoms with E-state index in [1.807, 2.05) is 6.08 Å². The van der Waals surface area contributed by atoms with Gasteiger partial charge in [0.1, 0.15) is 0 Å². The summed E-state index contributed by atoms with van der Waals surface area (Å²) in [6, 6.07) is 2.85. The van der Waals surface area contributed by atoms with Crippen LogP contribution in [-0.4, -0.2) is 30.2 Å². The van der Waals surface area contributed by atoms with Gasteiger partial charge in [0.05, 0.1) is 6.61 Å². The molecule has 1 aromatic rings. The normalized spacial score (nSPS) is 22.4. The standard InChI is InChI=1S/C21H32N2O2/c1-16-13-19(17(2)23(16)20-8-4-3-5-9-20)10-11-21(24)22-14-18-7-6-12-25-15-18/h10-11,13,18,20H,3-9,12,14-15H2,1-2H3,(H,22,24)/b11-10+. The Labute approximate surface area is 151 Å². The summed E-state index contributed by atoms with van der Waals surface area (Å²) in [5.74, 6) is 0.454. The molecule has 0 bridgehead atoms. The SMILES string of the molecule is Cc1cc(/C=C/C(=O)NCC2CCCOC2)c(C)n1C1CCCCC1. The molecule has 1 aliphatic carbocycles. The molecular weight excluding hydrogens is 312 g/mol. The van der Waals surface area contributed by atoms with Crippen molar-refractivity contribution in [1.82, 2.24) is 9.88 Å². The van der Waals surface area contributed by atoms with Crippen LogP contribution in [-0.2, 0) is 9.53 Å². The number of aromatic nitrogens is 1. The predicted octanol–water partition coefficient (Wildman–Crippen LogP) is 4.17. The fraction of sp³-hybridized carbons (Fsp3) is 0.667. The topological polar surface area (TPSA) is 43.3 Å². The van der Waals surface area contributed by atoms with Crippen LogP contribution in [0, 0.1) is 19.8 Å². The maximum Gasteiger partial charge on any atom is 0.244 e. The van der Waals surface area contributed by atoms with Gasteiger partial charge in [-0.3, -0.25) is 4.79 Å². The Balaban J connectivity index is 1.58. The van der Waals surface area contributed by atoms with E-state index in [-0.39, 0.29) is 5.91 Å². The van der Waals surface area contributed by atoms with E-state index >= 15 is 0 Å². The minimum atomic E-state index is -0.00644. The van der Waals surface area contributed by atoms with Crippen LogP contribution in [0.1, 0.15) is 67.9 Å². The van der Waals surface area contributed by atoms with Gasteiger partial charge in [0.15, 0.2) is 0 Å². The van der Waals surface area contributed by atoms with E-state index in [9.17, 15) is 4.79 Å². The molecule has 1 aliphatic heterocycles. The van der Waals surface area contributed by atoms with Crippen molar-refractivity contribution in [1.29, 1.82) is 0 Å². The average molecular weight is 344 g/mol. The van der Waals surface area contributed by atoms with E-state index < -0.39 is 0 Å². The zero-order chi connectivity index (χ0) is 17.6. The zero-order valence-corrected chi connectivity index (χ0v) is 15.7. The summed E-state index contributed by atoms with van der Waals surface area (Å²) in [7, 11) is 0. The number of amides is 1. The van der Waals surface area contributed by atoms with Crippen LogP contribution in [0.3, 0.4) is 0 Å². The molecule has 0 aromatic carbocycles. The molecule has 1 amide bonds. The van der Waals surface area contributed by atoms with Crippen LogP contribution in [0.2, 0.25) is 0 Å². The van der Waals surface area contributed by atoms with Gasteiger partial charge in [0.2, 0.25) is 5.91 Å². The van der Waals surface area contributed by atoms with E-state index in [4.69, 9.17) is 4.74 Å². The molecule has 4 heteroatoms. The molecule has 1 saturated carbocycles. The molecule has 1 N–H and O–H groups in total. The zero-order valence-electron chi connectivity index (χ0n) is 15.7. The quantitative estimate of drug-likeness (QED) is 0.815. The first kappa shape index (κ1) is 18.2. The number of ether oxygens (including phenoxy) is 1. The molecule has 3 rings (SSSR count). The lowest BCUT2D eigenvalue weighted by molar-refractivity contribution is -0.116. The van der Waals surface area contributed by atoms with Gasteiger partial charge < -0.3 is 14.6 Å². The van der Waals surface area contributed by atoms with Crippen molar-refractivity contribution in [2.75, 3.05) is 19.8 Å². The van der Waals surface area contributed by atoms with Crippen LogP contribution in [0.5, 0.6) is 0 Å². The molecule has 0 spiro atoms. The summed E-state index contributed by atoms with van der Waals surface area (Å²) in [6.45, 7) is 6.71. The number of nitrogens with one attached hydrogen (secondary N) is 1. The highest BCUT2D eigenvalue weighted by Crippen LogP contribution is 2.32. The molecule has 4 nitrogen and oxygen atoms in total. The molecule has 138 valence electrons. The molecule has 1 saturated heterocycles. The van der Waals surface area contributed by atoms with Gasteiger partial charge in [-0.25, -0.2) is 0 Å². The monoisotopic (exact) mass is 344 g/mol. The van der Waals surface area contributed by atoms with Gasteiger partial charge in [0, 0.05) is 36.7 Å². The Hall–Kier alpha value is -1.55. The van der Waals surface area contributed by atoms with Crippen molar-refractivity contribution in [2.24, 2.45) is 5.92 Å². The summed E-state index contributed by atoms with van der Waals surface area (Å²) < 4.78 is 7.94.